The second kappa shape index (κ2) is 7.11. The smallest absolute Gasteiger partial charge is 0.305 e. The fourth-order valence-electron chi connectivity index (χ4n) is 2.41. The van der Waals surface area contributed by atoms with Crippen molar-refractivity contribution in [2.75, 3.05) is 31.7 Å². The van der Waals surface area contributed by atoms with Crippen LogP contribution >= 0.6 is 0 Å². The monoisotopic (exact) mass is 291 g/mol. The van der Waals surface area contributed by atoms with Crippen molar-refractivity contribution < 1.29 is 19.1 Å². The number of nitrogens with zero attached hydrogens (tertiary/aromatic N) is 1. The van der Waals surface area contributed by atoms with Gasteiger partial charge >= 0.3 is 5.97 Å². The molecule has 5 nitrogen and oxygen atoms in total. The predicted molar refractivity (Wildman–Crippen MR) is 80.0 cm³/mol. The number of carbonyl (C=O) groups is 2. The van der Waals surface area contributed by atoms with Crippen molar-refractivity contribution in [3.8, 4) is 5.75 Å². The standard InChI is InChI=1S/C16H21NO4/c1-3-17-9-10-21-15-8-7-12(11-13(15)17)14(18)5-4-6-16(19)20-2/h7-8,11H,3-6,9-10H2,1-2H3. The Labute approximate surface area is 124 Å². The normalized spacial score (nSPS) is 13.3. The van der Waals surface area contributed by atoms with Crippen molar-refractivity contribution in [3.05, 3.63) is 23.8 Å². The van der Waals surface area contributed by atoms with Gasteiger partial charge in [-0.25, -0.2) is 0 Å². The lowest BCUT2D eigenvalue weighted by Crippen LogP contribution is -2.32. The number of hydrogen-bond donors (Lipinski definition) is 0. The minimum atomic E-state index is -0.279. The van der Waals surface area contributed by atoms with Crippen LogP contribution in [-0.2, 0) is 9.53 Å². The number of methoxy groups -OCH3 is 1. The van der Waals surface area contributed by atoms with E-state index in [9.17, 15) is 9.59 Å². The summed E-state index contributed by atoms with van der Waals surface area (Å²) in [6.45, 7) is 4.48. The number of rotatable bonds is 6. The van der Waals surface area contributed by atoms with Crippen LogP contribution < -0.4 is 9.64 Å². The first-order valence-corrected chi connectivity index (χ1v) is 7.27. The van der Waals surface area contributed by atoms with Gasteiger partial charge in [-0.05, 0) is 31.5 Å². The van der Waals surface area contributed by atoms with E-state index in [1.807, 2.05) is 12.1 Å². The van der Waals surface area contributed by atoms with E-state index in [1.54, 1.807) is 6.07 Å². The number of likely N-dealkylation sites (N-methyl/N-ethyl adjacent to an activating group) is 1. The summed E-state index contributed by atoms with van der Waals surface area (Å²) in [5, 5.41) is 0. The van der Waals surface area contributed by atoms with E-state index in [1.165, 1.54) is 7.11 Å². The summed E-state index contributed by atoms with van der Waals surface area (Å²) in [6.07, 6.45) is 1.13. The Morgan fingerprint density at radius 1 is 1.33 bits per heavy atom. The molecule has 0 saturated heterocycles. The highest BCUT2D eigenvalue weighted by atomic mass is 16.5. The molecule has 21 heavy (non-hydrogen) atoms. The number of ether oxygens (including phenoxy) is 2. The maximum Gasteiger partial charge on any atom is 0.305 e. The Morgan fingerprint density at radius 2 is 2.14 bits per heavy atom. The SMILES string of the molecule is CCN1CCOc2ccc(C(=O)CCCC(=O)OC)cc21. The first kappa shape index (κ1) is 15.4. The zero-order valence-corrected chi connectivity index (χ0v) is 12.6. The van der Waals surface area contributed by atoms with Gasteiger partial charge in [-0.2, -0.15) is 0 Å². The molecule has 1 aromatic rings. The summed E-state index contributed by atoms with van der Waals surface area (Å²) >= 11 is 0. The molecule has 2 rings (SSSR count). The third kappa shape index (κ3) is 3.74. The number of carbonyl (C=O) groups excluding carboxylic acids is 2. The van der Waals surface area contributed by atoms with Crippen LogP contribution in [0.3, 0.4) is 0 Å². The Bertz CT molecular complexity index is 527. The summed E-state index contributed by atoms with van der Waals surface area (Å²) in [5.74, 6) is 0.594. The fourth-order valence-corrected chi connectivity index (χ4v) is 2.41. The van der Waals surface area contributed by atoms with Gasteiger partial charge in [0.25, 0.3) is 0 Å². The van der Waals surface area contributed by atoms with Gasteiger partial charge < -0.3 is 14.4 Å². The minimum Gasteiger partial charge on any atom is -0.490 e. The molecular weight excluding hydrogens is 270 g/mol. The zero-order chi connectivity index (χ0) is 15.2. The molecule has 0 amide bonds. The molecule has 1 aliphatic rings. The molecule has 0 aliphatic carbocycles. The largest absolute Gasteiger partial charge is 0.490 e. The highest BCUT2D eigenvalue weighted by Crippen LogP contribution is 2.32. The van der Waals surface area contributed by atoms with E-state index < -0.39 is 0 Å². The highest BCUT2D eigenvalue weighted by Gasteiger charge is 2.18. The lowest BCUT2D eigenvalue weighted by molar-refractivity contribution is -0.140. The minimum absolute atomic E-state index is 0.0447. The van der Waals surface area contributed by atoms with Crippen LogP contribution in [0.4, 0.5) is 5.69 Å². The number of hydrogen-bond acceptors (Lipinski definition) is 5. The van der Waals surface area contributed by atoms with Crippen LogP contribution in [0.1, 0.15) is 36.5 Å². The molecule has 0 aromatic heterocycles. The van der Waals surface area contributed by atoms with Crippen LogP contribution in [0.2, 0.25) is 0 Å². The number of ketones is 1. The van der Waals surface area contributed by atoms with Crippen LogP contribution in [0, 0.1) is 0 Å². The summed E-state index contributed by atoms with van der Waals surface area (Å²) < 4.78 is 10.2. The van der Waals surface area contributed by atoms with Crippen molar-refractivity contribution in [1.29, 1.82) is 0 Å². The molecule has 1 aromatic carbocycles. The zero-order valence-electron chi connectivity index (χ0n) is 12.6. The fraction of sp³-hybridized carbons (Fsp3) is 0.500. The number of fused-ring (bicyclic) bond motifs is 1. The highest BCUT2D eigenvalue weighted by molar-refractivity contribution is 5.97. The lowest BCUT2D eigenvalue weighted by atomic mass is 10.0. The second-order valence-corrected chi connectivity index (χ2v) is 4.96. The van der Waals surface area contributed by atoms with Gasteiger partial charge in [-0.1, -0.05) is 0 Å². The van der Waals surface area contributed by atoms with Gasteiger partial charge in [0.15, 0.2) is 5.78 Å². The summed E-state index contributed by atoms with van der Waals surface area (Å²) in [6, 6.07) is 5.53. The number of benzene rings is 1. The molecular formula is C16H21NO4. The Balaban J connectivity index is 2.03. The Kier molecular flexibility index (Phi) is 5.20. The summed E-state index contributed by atoms with van der Waals surface area (Å²) in [4.78, 5) is 25.4. The Hall–Kier alpha value is -2.04. The molecule has 114 valence electrons. The van der Waals surface area contributed by atoms with Gasteiger partial charge in [-0.15, -0.1) is 0 Å². The molecule has 1 aliphatic heterocycles. The molecule has 5 heteroatoms. The van der Waals surface area contributed by atoms with Crippen LogP contribution in [0.15, 0.2) is 18.2 Å². The predicted octanol–water partition coefficient (Wildman–Crippen LogP) is 2.43. The number of esters is 1. The Morgan fingerprint density at radius 3 is 2.86 bits per heavy atom. The van der Waals surface area contributed by atoms with Gasteiger partial charge in [0.05, 0.1) is 19.3 Å². The van der Waals surface area contributed by atoms with Crippen molar-refractivity contribution in [2.45, 2.75) is 26.2 Å². The van der Waals surface area contributed by atoms with Crippen molar-refractivity contribution in [3.63, 3.8) is 0 Å². The van der Waals surface area contributed by atoms with E-state index in [-0.39, 0.29) is 18.2 Å². The second-order valence-electron chi connectivity index (χ2n) is 4.96. The molecule has 0 unspecified atom stereocenters. The molecule has 1 heterocycles. The average Bonchev–Trinajstić information content (AvgIpc) is 2.53. The first-order chi connectivity index (χ1) is 10.2. The quantitative estimate of drug-likeness (QED) is 0.595. The third-order valence-corrected chi connectivity index (χ3v) is 3.63. The average molecular weight is 291 g/mol. The van der Waals surface area contributed by atoms with Crippen molar-refractivity contribution in [2.24, 2.45) is 0 Å². The number of anilines is 1. The molecule has 0 atom stereocenters. The van der Waals surface area contributed by atoms with Gasteiger partial charge in [0, 0.05) is 24.9 Å². The molecule has 0 N–H and O–H groups in total. The van der Waals surface area contributed by atoms with E-state index in [0.29, 0.717) is 25.0 Å². The lowest BCUT2D eigenvalue weighted by Gasteiger charge is -2.30. The summed E-state index contributed by atoms with van der Waals surface area (Å²) in [7, 11) is 1.35. The molecule has 0 saturated carbocycles. The van der Waals surface area contributed by atoms with Crippen LogP contribution in [0.25, 0.3) is 0 Å². The van der Waals surface area contributed by atoms with Gasteiger partial charge in [0.2, 0.25) is 0 Å². The number of Topliss-reactive ketones (excluding diaryl/α,β-unsaturated/α-hetero) is 1. The molecule has 0 fully saturated rings. The maximum atomic E-state index is 12.2. The topological polar surface area (TPSA) is 55.8 Å². The first-order valence-electron chi connectivity index (χ1n) is 7.27. The van der Waals surface area contributed by atoms with E-state index >= 15 is 0 Å². The van der Waals surface area contributed by atoms with Crippen molar-refractivity contribution in [1.82, 2.24) is 0 Å². The van der Waals surface area contributed by atoms with Crippen LogP contribution in [-0.4, -0.2) is 38.6 Å². The molecule has 0 spiro atoms. The molecule has 0 bridgehead atoms. The third-order valence-electron chi connectivity index (χ3n) is 3.63. The van der Waals surface area contributed by atoms with Crippen molar-refractivity contribution >= 4 is 17.4 Å². The van der Waals surface area contributed by atoms with Gasteiger partial charge in [0.1, 0.15) is 12.4 Å². The summed E-state index contributed by atoms with van der Waals surface area (Å²) in [5.41, 5.74) is 1.64. The van der Waals surface area contributed by atoms with E-state index in [0.717, 1.165) is 24.5 Å². The maximum absolute atomic E-state index is 12.2. The van der Waals surface area contributed by atoms with E-state index in [2.05, 4.69) is 16.6 Å². The molecule has 0 radical (unpaired) electrons. The van der Waals surface area contributed by atoms with Gasteiger partial charge in [-0.3, -0.25) is 9.59 Å². The van der Waals surface area contributed by atoms with Crippen LogP contribution in [0.5, 0.6) is 5.75 Å². The van der Waals surface area contributed by atoms with E-state index in [4.69, 9.17) is 4.74 Å².